The van der Waals surface area contributed by atoms with Gasteiger partial charge in [0.1, 0.15) is 5.00 Å². The highest BCUT2D eigenvalue weighted by atomic mass is 32.2. The number of pyridine rings is 1. The van der Waals surface area contributed by atoms with Crippen molar-refractivity contribution >= 4 is 40.0 Å². The molecule has 1 N–H and O–H groups in total. The number of nitrogens with one attached hydrogen (secondary N) is 1. The third kappa shape index (κ3) is 4.58. The minimum Gasteiger partial charge on any atom is -0.462 e. The number of thiophene rings is 1. The first-order chi connectivity index (χ1) is 11.6. The van der Waals surface area contributed by atoms with E-state index in [9.17, 15) is 9.59 Å². The quantitative estimate of drug-likeness (QED) is 0.596. The zero-order valence-electron chi connectivity index (χ0n) is 13.9. The maximum absolute atomic E-state index is 12.2. The topological polar surface area (TPSA) is 68.3 Å². The molecular formula is C17H20N2O3S2. The minimum atomic E-state index is -0.383. The molecule has 2 aromatic heterocycles. The molecule has 0 fully saturated rings. The number of ether oxygens (including phenoxy) is 1. The molecule has 0 saturated carbocycles. The van der Waals surface area contributed by atoms with E-state index in [0.29, 0.717) is 17.2 Å². The van der Waals surface area contributed by atoms with Gasteiger partial charge in [-0.05, 0) is 38.0 Å². The number of carbonyl (C=O) groups excluding carboxylic acids is 2. The number of hydrogen-bond acceptors (Lipinski definition) is 6. The second-order valence-corrected chi connectivity index (χ2v) is 7.14. The fraction of sp³-hybridized carbons (Fsp3) is 0.353. The van der Waals surface area contributed by atoms with Crippen LogP contribution < -0.4 is 5.32 Å². The first-order valence-corrected chi connectivity index (χ1v) is 9.50. The van der Waals surface area contributed by atoms with E-state index in [1.807, 2.05) is 32.0 Å². The van der Waals surface area contributed by atoms with Crippen molar-refractivity contribution in [2.75, 3.05) is 17.7 Å². The van der Waals surface area contributed by atoms with Gasteiger partial charge in [0.2, 0.25) is 5.91 Å². The van der Waals surface area contributed by atoms with E-state index in [4.69, 9.17) is 4.74 Å². The summed E-state index contributed by atoms with van der Waals surface area (Å²) < 4.78 is 5.14. The zero-order valence-corrected chi connectivity index (χ0v) is 15.6. The van der Waals surface area contributed by atoms with Gasteiger partial charge in [0.15, 0.2) is 0 Å². The highest BCUT2D eigenvalue weighted by molar-refractivity contribution is 7.99. The summed E-state index contributed by atoms with van der Waals surface area (Å²) in [5, 5.41) is 4.20. The summed E-state index contributed by atoms with van der Waals surface area (Å²) in [6, 6.07) is 5.56. The molecule has 0 aromatic carbocycles. The second-order valence-electron chi connectivity index (χ2n) is 4.92. The van der Waals surface area contributed by atoms with Crippen molar-refractivity contribution in [2.45, 2.75) is 32.2 Å². The van der Waals surface area contributed by atoms with Crippen LogP contribution in [-0.4, -0.2) is 29.2 Å². The predicted octanol–water partition coefficient (Wildman–Crippen LogP) is 3.92. The number of thioether (sulfide) groups is 1. The number of carbonyl (C=O) groups is 2. The molecule has 0 aliphatic rings. The summed E-state index contributed by atoms with van der Waals surface area (Å²) in [5.74, 6) is -0.316. The van der Waals surface area contributed by atoms with Crippen LogP contribution in [0.2, 0.25) is 0 Å². The molecule has 0 radical (unpaired) electrons. The van der Waals surface area contributed by atoms with Gasteiger partial charge in [0.05, 0.1) is 22.9 Å². The van der Waals surface area contributed by atoms with Crippen LogP contribution in [0.25, 0.3) is 0 Å². The Morgan fingerprint density at radius 3 is 2.75 bits per heavy atom. The Labute approximate surface area is 149 Å². The Balaban J connectivity index is 2.10. The SMILES string of the molecule is CCOC(=O)c1c(NC(=O)CSc2ccccn2)sc(C)c1CC. The van der Waals surface area contributed by atoms with E-state index in [-0.39, 0.29) is 17.6 Å². The molecule has 0 atom stereocenters. The van der Waals surface area contributed by atoms with Crippen molar-refractivity contribution in [3.8, 4) is 0 Å². The largest absolute Gasteiger partial charge is 0.462 e. The molecule has 0 aliphatic carbocycles. The molecule has 0 bridgehead atoms. The third-order valence-corrected chi connectivity index (χ3v) is 5.29. The van der Waals surface area contributed by atoms with Crippen LogP contribution in [0, 0.1) is 6.92 Å². The van der Waals surface area contributed by atoms with E-state index >= 15 is 0 Å². The molecular weight excluding hydrogens is 344 g/mol. The van der Waals surface area contributed by atoms with Gasteiger partial charge in [0, 0.05) is 11.1 Å². The Hall–Kier alpha value is -1.86. The number of anilines is 1. The van der Waals surface area contributed by atoms with Crippen molar-refractivity contribution in [1.82, 2.24) is 4.98 Å². The van der Waals surface area contributed by atoms with E-state index in [1.54, 1.807) is 13.1 Å². The number of rotatable bonds is 7. The van der Waals surface area contributed by atoms with E-state index in [2.05, 4.69) is 10.3 Å². The smallest absolute Gasteiger partial charge is 0.341 e. The summed E-state index contributed by atoms with van der Waals surface area (Å²) in [6.07, 6.45) is 2.41. The van der Waals surface area contributed by atoms with Crippen molar-refractivity contribution in [2.24, 2.45) is 0 Å². The molecule has 24 heavy (non-hydrogen) atoms. The Morgan fingerprint density at radius 1 is 1.33 bits per heavy atom. The number of esters is 1. The predicted molar refractivity (Wildman–Crippen MR) is 98.0 cm³/mol. The summed E-state index contributed by atoms with van der Waals surface area (Å²) in [6.45, 7) is 6.01. The van der Waals surface area contributed by atoms with Gasteiger partial charge in [-0.3, -0.25) is 4.79 Å². The van der Waals surface area contributed by atoms with Crippen LogP contribution >= 0.6 is 23.1 Å². The van der Waals surface area contributed by atoms with E-state index in [1.165, 1.54) is 23.1 Å². The lowest BCUT2D eigenvalue weighted by molar-refractivity contribution is -0.113. The van der Waals surface area contributed by atoms with Crippen LogP contribution in [-0.2, 0) is 16.0 Å². The second kappa shape index (κ2) is 8.84. The molecule has 0 saturated heterocycles. The highest BCUT2D eigenvalue weighted by Gasteiger charge is 2.23. The summed E-state index contributed by atoms with van der Waals surface area (Å²) >= 11 is 2.77. The van der Waals surface area contributed by atoms with Gasteiger partial charge in [-0.15, -0.1) is 11.3 Å². The minimum absolute atomic E-state index is 0.167. The molecule has 7 heteroatoms. The summed E-state index contributed by atoms with van der Waals surface area (Å²) in [5.41, 5.74) is 1.42. The summed E-state index contributed by atoms with van der Waals surface area (Å²) in [7, 11) is 0. The first kappa shape index (κ1) is 18.5. The van der Waals surface area contributed by atoms with Crippen LogP contribution in [0.1, 0.15) is 34.6 Å². The standard InChI is InChI=1S/C17H20N2O3S2/c1-4-12-11(3)24-16(15(12)17(21)22-5-2)19-13(20)10-23-14-8-6-7-9-18-14/h6-9H,4-5,10H2,1-3H3,(H,19,20). The van der Waals surface area contributed by atoms with Crippen molar-refractivity contribution in [3.63, 3.8) is 0 Å². The van der Waals surface area contributed by atoms with Crippen LogP contribution in [0.3, 0.4) is 0 Å². The van der Waals surface area contributed by atoms with Crippen molar-refractivity contribution in [1.29, 1.82) is 0 Å². The maximum Gasteiger partial charge on any atom is 0.341 e. The van der Waals surface area contributed by atoms with Crippen LogP contribution in [0.15, 0.2) is 29.4 Å². The number of amides is 1. The maximum atomic E-state index is 12.2. The average Bonchev–Trinajstić information content (AvgIpc) is 2.89. The molecule has 0 spiro atoms. The van der Waals surface area contributed by atoms with Gasteiger partial charge < -0.3 is 10.1 Å². The summed E-state index contributed by atoms with van der Waals surface area (Å²) in [4.78, 5) is 29.7. The highest BCUT2D eigenvalue weighted by Crippen LogP contribution is 2.34. The van der Waals surface area contributed by atoms with Crippen LogP contribution in [0.5, 0.6) is 0 Å². The lowest BCUT2D eigenvalue weighted by atomic mass is 10.1. The fourth-order valence-corrected chi connectivity index (χ4v) is 4.06. The lowest BCUT2D eigenvalue weighted by Crippen LogP contribution is -2.16. The number of hydrogen-bond donors (Lipinski definition) is 1. The third-order valence-electron chi connectivity index (χ3n) is 3.28. The van der Waals surface area contributed by atoms with E-state index < -0.39 is 0 Å². The molecule has 128 valence electrons. The molecule has 2 heterocycles. The van der Waals surface area contributed by atoms with Gasteiger partial charge >= 0.3 is 5.97 Å². The number of aromatic nitrogens is 1. The van der Waals surface area contributed by atoms with E-state index in [0.717, 1.165) is 21.9 Å². The fourth-order valence-electron chi connectivity index (χ4n) is 2.25. The molecule has 0 unspecified atom stereocenters. The van der Waals surface area contributed by atoms with Gasteiger partial charge in [-0.2, -0.15) is 0 Å². The molecule has 2 rings (SSSR count). The number of aryl methyl sites for hydroxylation is 1. The Bertz CT molecular complexity index is 714. The number of nitrogens with zero attached hydrogens (tertiary/aromatic N) is 1. The lowest BCUT2D eigenvalue weighted by Gasteiger charge is -2.08. The molecule has 5 nitrogen and oxygen atoms in total. The van der Waals surface area contributed by atoms with Crippen LogP contribution in [0.4, 0.5) is 5.00 Å². The monoisotopic (exact) mass is 364 g/mol. The van der Waals surface area contributed by atoms with Crippen molar-refractivity contribution < 1.29 is 14.3 Å². The normalized spacial score (nSPS) is 10.5. The Kier molecular flexibility index (Phi) is 6.81. The first-order valence-electron chi connectivity index (χ1n) is 7.69. The van der Waals surface area contributed by atoms with Gasteiger partial charge in [-0.1, -0.05) is 24.8 Å². The van der Waals surface area contributed by atoms with Crippen molar-refractivity contribution in [3.05, 3.63) is 40.4 Å². The molecule has 0 aliphatic heterocycles. The average molecular weight is 364 g/mol. The zero-order chi connectivity index (χ0) is 17.5. The Morgan fingerprint density at radius 2 is 2.12 bits per heavy atom. The van der Waals surface area contributed by atoms with Gasteiger partial charge in [0.25, 0.3) is 0 Å². The molecule has 2 aromatic rings. The molecule has 1 amide bonds. The van der Waals surface area contributed by atoms with Gasteiger partial charge in [-0.25, -0.2) is 9.78 Å².